The van der Waals surface area contributed by atoms with Crippen molar-refractivity contribution >= 4 is 11.9 Å². The highest BCUT2D eigenvalue weighted by Gasteiger charge is 2.22. The largest absolute Gasteiger partial charge is 0.409 e. The van der Waals surface area contributed by atoms with Gasteiger partial charge in [-0.1, -0.05) is 5.16 Å². The predicted molar refractivity (Wildman–Crippen MR) is 47.6 cm³/mol. The van der Waals surface area contributed by atoms with Crippen LogP contribution in [-0.4, -0.2) is 29.7 Å². The summed E-state index contributed by atoms with van der Waals surface area (Å²) in [4.78, 5) is 11.0. The van der Waals surface area contributed by atoms with Crippen LogP contribution in [0.1, 0.15) is 19.3 Å². The number of hydrogen-bond donors (Lipinski definition) is 4. The fraction of sp³-hybridized carbons (Fsp3) is 0.714. The van der Waals surface area contributed by atoms with Gasteiger partial charge in [0.15, 0.2) is 0 Å². The third-order valence-electron chi connectivity index (χ3n) is 1.71. The highest BCUT2D eigenvalue weighted by Crippen LogP contribution is 2.18. The first-order valence-electron chi connectivity index (χ1n) is 4.23. The Morgan fingerprint density at radius 2 is 2.31 bits per heavy atom. The van der Waals surface area contributed by atoms with Crippen molar-refractivity contribution in [2.45, 2.75) is 25.3 Å². The Morgan fingerprint density at radius 1 is 1.62 bits per heavy atom. The van der Waals surface area contributed by atoms with E-state index in [4.69, 9.17) is 10.9 Å². The molecule has 6 heteroatoms. The Kier molecular flexibility index (Phi) is 3.36. The number of nitrogens with two attached hydrogens (primary N) is 1. The molecule has 13 heavy (non-hydrogen) atoms. The molecule has 5 N–H and O–H groups in total. The van der Waals surface area contributed by atoms with Gasteiger partial charge >= 0.3 is 6.03 Å². The van der Waals surface area contributed by atoms with E-state index in [-0.39, 0.29) is 11.9 Å². The molecule has 0 saturated heterocycles. The third kappa shape index (κ3) is 4.19. The van der Waals surface area contributed by atoms with E-state index in [2.05, 4.69) is 15.8 Å². The van der Waals surface area contributed by atoms with E-state index in [1.807, 2.05) is 0 Å². The van der Waals surface area contributed by atoms with E-state index >= 15 is 0 Å². The van der Waals surface area contributed by atoms with Crippen LogP contribution >= 0.6 is 0 Å². The molecule has 0 aromatic heterocycles. The van der Waals surface area contributed by atoms with Gasteiger partial charge < -0.3 is 21.6 Å². The quantitative estimate of drug-likeness (QED) is 0.208. The molecule has 2 amide bonds. The Balaban J connectivity index is 2.00. The molecule has 1 saturated carbocycles. The lowest BCUT2D eigenvalue weighted by atomic mass is 10.4. The summed E-state index contributed by atoms with van der Waals surface area (Å²) < 4.78 is 0. The molecule has 0 aliphatic heterocycles. The van der Waals surface area contributed by atoms with Gasteiger partial charge in [0.2, 0.25) is 0 Å². The number of hydrogen-bond acceptors (Lipinski definition) is 3. The maximum absolute atomic E-state index is 11.0. The maximum atomic E-state index is 11.0. The van der Waals surface area contributed by atoms with E-state index < -0.39 is 0 Å². The summed E-state index contributed by atoms with van der Waals surface area (Å²) in [7, 11) is 0. The lowest BCUT2D eigenvalue weighted by Crippen LogP contribution is -2.38. The minimum absolute atomic E-state index is 0.117. The van der Waals surface area contributed by atoms with Crippen LogP contribution in [0.25, 0.3) is 0 Å². The lowest BCUT2D eigenvalue weighted by Gasteiger charge is -2.04. The van der Waals surface area contributed by atoms with Crippen LogP contribution in [0.2, 0.25) is 0 Å². The van der Waals surface area contributed by atoms with Gasteiger partial charge in [-0.25, -0.2) is 4.79 Å². The Labute approximate surface area is 76.2 Å². The van der Waals surface area contributed by atoms with Gasteiger partial charge in [0, 0.05) is 19.0 Å². The monoisotopic (exact) mass is 186 g/mol. The molecule has 1 aliphatic rings. The SMILES string of the molecule is NC(CCNC(=O)NC1CC1)=NO. The van der Waals surface area contributed by atoms with Crippen molar-refractivity contribution in [3.05, 3.63) is 0 Å². The van der Waals surface area contributed by atoms with Crippen LogP contribution in [-0.2, 0) is 0 Å². The standard InChI is InChI=1S/C7H14N4O2/c8-6(11-13)3-4-9-7(12)10-5-1-2-5/h5,13H,1-4H2,(H2,8,11)(H2,9,10,12). The number of oxime groups is 1. The van der Waals surface area contributed by atoms with Crippen molar-refractivity contribution in [2.24, 2.45) is 10.9 Å². The van der Waals surface area contributed by atoms with E-state index in [0.717, 1.165) is 12.8 Å². The first-order valence-corrected chi connectivity index (χ1v) is 4.23. The molecule has 0 spiro atoms. The molecule has 0 atom stereocenters. The second-order valence-corrected chi connectivity index (χ2v) is 3.02. The highest BCUT2D eigenvalue weighted by atomic mass is 16.4. The smallest absolute Gasteiger partial charge is 0.315 e. The Morgan fingerprint density at radius 3 is 2.85 bits per heavy atom. The number of amides is 2. The van der Waals surface area contributed by atoms with Crippen molar-refractivity contribution in [3.8, 4) is 0 Å². The average molecular weight is 186 g/mol. The number of carbonyl (C=O) groups excluding carboxylic acids is 1. The molecule has 0 aromatic rings. The topological polar surface area (TPSA) is 99.7 Å². The molecule has 1 fully saturated rings. The van der Waals surface area contributed by atoms with Crippen molar-refractivity contribution in [1.82, 2.24) is 10.6 Å². The van der Waals surface area contributed by atoms with Crippen LogP contribution in [0.4, 0.5) is 4.79 Å². The summed E-state index contributed by atoms with van der Waals surface area (Å²) in [5.74, 6) is 0.117. The molecule has 0 unspecified atom stereocenters. The number of carbonyl (C=O) groups is 1. The summed E-state index contributed by atoms with van der Waals surface area (Å²) >= 11 is 0. The fourth-order valence-corrected chi connectivity index (χ4v) is 0.818. The zero-order valence-electron chi connectivity index (χ0n) is 7.29. The van der Waals surface area contributed by atoms with Crippen LogP contribution < -0.4 is 16.4 Å². The highest BCUT2D eigenvalue weighted by molar-refractivity contribution is 5.81. The molecular weight excluding hydrogens is 172 g/mol. The molecule has 0 bridgehead atoms. The van der Waals surface area contributed by atoms with Crippen molar-refractivity contribution < 1.29 is 10.0 Å². The molecular formula is C7H14N4O2. The normalized spacial score (nSPS) is 16.8. The second kappa shape index (κ2) is 4.54. The van der Waals surface area contributed by atoms with Crippen LogP contribution in [0.15, 0.2) is 5.16 Å². The van der Waals surface area contributed by atoms with E-state index in [1.165, 1.54) is 0 Å². The number of nitrogens with zero attached hydrogens (tertiary/aromatic N) is 1. The van der Waals surface area contributed by atoms with E-state index in [1.54, 1.807) is 0 Å². The minimum Gasteiger partial charge on any atom is -0.409 e. The van der Waals surface area contributed by atoms with Crippen LogP contribution in [0, 0.1) is 0 Å². The summed E-state index contributed by atoms with van der Waals surface area (Å²) in [5.41, 5.74) is 5.20. The summed E-state index contributed by atoms with van der Waals surface area (Å²) in [6.45, 7) is 0.383. The first kappa shape index (κ1) is 9.63. The number of urea groups is 1. The zero-order chi connectivity index (χ0) is 9.68. The van der Waals surface area contributed by atoms with Gasteiger partial charge in [0.25, 0.3) is 0 Å². The van der Waals surface area contributed by atoms with Crippen LogP contribution in [0.5, 0.6) is 0 Å². The number of amidine groups is 1. The molecule has 0 aromatic carbocycles. The van der Waals surface area contributed by atoms with Gasteiger partial charge in [-0.05, 0) is 12.8 Å². The van der Waals surface area contributed by atoms with Gasteiger partial charge in [0.05, 0.1) is 0 Å². The predicted octanol–water partition coefficient (Wildman–Crippen LogP) is -0.415. The van der Waals surface area contributed by atoms with Gasteiger partial charge in [0.1, 0.15) is 5.84 Å². The summed E-state index contributed by atoms with van der Waals surface area (Å²) in [6.07, 6.45) is 2.48. The summed E-state index contributed by atoms with van der Waals surface area (Å²) in [6, 6.07) is 0.164. The molecule has 74 valence electrons. The summed E-state index contributed by atoms with van der Waals surface area (Å²) in [5, 5.41) is 16.3. The molecule has 1 aliphatic carbocycles. The number of rotatable bonds is 4. The lowest BCUT2D eigenvalue weighted by molar-refractivity contribution is 0.240. The molecule has 6 nitrogen and oxygen atoms in total. The zero-order valence-corrected chi connectivity index (χ0v) is 7.29. The fourth-order valence-electron chi connectivity index (χ4n) is 0.818. The van der Waals surface area contributed by atoms with Crippen molar-refractivity contribution in [2.75, 3.05) is 6.54 Å². The van der Waals surface area contributed by atoms with Gasteiger partial charge in [-0.15, -0.1) is 0 Å². The van der Waals surface area contributed by atoms with E-state index in [0.29, 0.717) is 19.0 Å². The first-order chi connectivity index (χ1) is 6.22. The molecule has 1 rings (SSSR count). The minimum atomic E-state index is -0.187. The Bertz CT molecular complexity index is 213. The average Bonchev–Trinajstić information content (AvgIpc) is 2.88. The molecule has 0 heterocycles. The second-order valence-electron chi connectivity index (χ2n) is 3.02. The Hall–Kier alpha value is -1.46. The number of nitrogens with one attached hydrogen (secondary N) is 2. The van der Waals surface area contributed by atoms with Gasteiger partial charge in [-0.3, -0.25) is 0 Å². The van der Waals surface area contributed by atoms with Crippen LogP contribution in [0.3, 0.4) is 0 Å². The van der Waals surface area contributed by atoms with E-state index in [9.17, 15) is 4.79 Å². The van der Waals surface area contributed by atoms with Gasteiger partial charge in [-0.2, -0.15) is 0 Å². The molecule has 0 radical (unpaired) electrons. The van der Waals surface area contributed by atoms with Crippen molar-refractivity contribution in [3.63, 3.8) is 0 Å². The maximum Gasteiger partial charge on any atom is 0.315 e. The third-order valence-corrected chi connectivity index (χ3v) is 1.71. The van der Waals surface area contributed by atoms with Crippen molar-refractivity contribution in [1.29, 1.82) is 0 Å².